The lowest BCUT2D eigenvalue weighted by Crippen LogP contribution is -2.04. The predicted octanol–water partition coefficient (Wildman–Crippen LogP) is 3.03. The first-order chi connectivity index (χ1) is 10.6. The Morgan fingerprint density at radius 2 is 1.68 bits per heavy atom. The van der Waals surface area contributed by atoms with Crippen LogP contribution in [0.2, 0.25) is 0 Å². The number of esters is 1. The number of hydrogen-bond donors (Lipinski definition) is 1. The molecule has 0 aromatic heterocycles. The summed E-state index contributed by atoms with van der Waals surface area (Å²) in [6.07, 6.45) is 2.86. The van der Waals surface area contributed by atoms with Crippen molar-refractivity contribution in [1.29, 1.82) is 0 Å². The summed E-state index contributed by atoms with van der Waals surface area (Å²) in [5.74, 6) is 0.673. The summed E-state index contributed by atoms with van der Waals surface area (Å²) in [6.45, 7) is 0. The Labute approximate surface area is 128 Å². The summed E-state index contributed by atoms with van der Waals surface area (Å²) >= 11 is 0. The molecule has 0 bridgehead atoms. The quantitative estimate of drug-likeness (QED) is 0.522. The molecule has 2 aromatic rings. The average molecular weight is 300 g/mol. The standard InChI is InChI=1S/C17H16O5/c1-20-14-5-3-4-6-15(14)22-17(19)10-8-12-7-9-13(18)16(11-12)21-2/h3-11,18H,1-2H3/b10-8+. The van der Waals surface area contributed by atoms with Gasteiger partial charge in [0.1, 0.15) is 0 Å². The number of aromatic hydroxyl groups is 1. The van der Waals surface area contributed by atoms with Gasteiger partial charge in [-0.1, -0.05) is 18.2 Å². The van der Waals surface area contributed by atoms with Crippen LogP contribution in [0.3, 0.4) is 0 Å². The first-order valence-corrected chi connectivity index (χ1v) is 6.54. The average Bonchev–Trinajstić information content (AvgIpc) is 2.54. The molecule has 0 fully saturated rings. The zero-order valence-corrected chi connectivity index (χ0v) is 12.3. The van der Waals surface area contributed by atoms with Crippen LogP contribution < -0.4 is 14.2 Å². The highest BCUT2D eigenvalue weighted by molar-refractivity contribution is 5.89. The van der Waals surface area contributed by atoms with E-state index in [-0.39, 0.29) is 5.75 Å². The van der Waals surface area contributed by atoms with E-state index in [0.29, 0.717) is 22.8 Å². The number of ether oxygens (including phenoxy) is 3. The van der Waals surface area contributed by atoms with Crippen molar-refractivity contribution in [3.63, 3.8) is 0 Å². The molecule has 22 heavy (non-hydrogen) atoms. The lowest BCUT2D eigenvalue weighted by molar-refractivity contribution is -0.129. The largest absolute Gasteiger partial charge is 0.504 e. The van der Waals surface area contributed by atoms with Gasteiger partial charge in [-0.2, -0.15) is 0 Å². The summed E-state index contributed by atoms with van der Waals surface area (Å²) in [4.78, 5) is 11.8. The topological polar surface area (TPSA) is 65.0 Å². The number of benzene rings is 2. The fourth-order valence-corrected chi connectivity index (χ4v) is 1.81. The van der Waals surface area contributed by atoms with Crippen molar-refractivity contribution in [2.45, 2.75) is 0 Å². The molecule has 0 heterocycles. The Morgan fingerprint density at radius 3 is 2.36 bits per heavy atom. The summed E-state index contributed by atoms with van der Waals surface area (Å²) in [5.41, 5.74) is 0.701. The third kappa shape index (κ3) is 3.79. The zero-order chi connectivity index (χ0) is 15.9. The number of methoxy groups -OCH3 is 2. The van der Waals surface area contributed by atoms with Crippen molar-refractivity contribution in [2.75, 3.05) is 14.2 Å². The third-order valence-corrected chi connectivity index (χ3v) is 2.90. The van der Waals surface area contributed by atoms with Gasteiger partial charge < -0.3 is 19.3 Å². The first-order valence-electron chi connectivity index (χ1n) is 6.54. The molecule has 0 aliphatic carbocycles. The van der Waals surface area contributed by atoms with Crippen LogP contribution >= 0.6 is 0 Å². The van der Waals surface area contributed by atoms with Crippen LogP contribution in [-0.2, 0) is 4.79 Å². The molecular weight excluding hydrogens is 284 g/mol. The minimum absolute atomic E-state index is 0.0382. The molecule has 0 aliphatic heterocycles. The Kier molecular flexibility index (Phi) is 5.03. The van der Waals surface area contributed by atoms with Crippen molar-refractivity contribution in [3.05, 3.63) is 54.1 Å². The highest BCUT2D eigenvalue weighted by Gasteiger charge is 2.07. The summed E-state index contributed by atoms with van der Waals surface area (Å²) < 4.78 is 15.3. The maximum absolute atomic E-state index is 11.8. The van der Waals surface area contributed by atoms with Gasteiger partial charge in [0.05, 0.1) is 14.2 Å². The smallest absolute Gasteiger partial charge is 0.336 e. The van der Waals surface area contributed by atoms with E-state index in [2.05, 4.69) is 0 Å². The van der Waals surface area contributed by atoms with Crippen molar-refractivity contribution >= 4 is 12.0 Å². The molecule has 5 heteroatoms. The number of carbonyl (C=O) groups is 1. The van der Waals surface area contributed by atoms with Crippen molar-refractivity contribution in [2.24, 2.45) is 0 Å². The van der Waals surface area contributed by atoms with E-state index in [9.17, 15) is 9.90 Å². The monoisotopic (exact) mass is 300 g/mol. The molecule has 0 spiro atoms. The fourth-order valence-electron chi connectivity index (χ4n) is 1.81. The second kappa shape index (κ2) is 7.17. The Bertz CT molecular complexity index is 691. The number of rotatable bonds is 5. The van der Waals surface area contributed by atoms with Gasteiger partial charge in [0.15, 0.2) is 23.0 Å². The normalized spacial score (nSPS) is 10.5. The Morgan fingerprint density at radius 1 is 1.00 bits per heavy atom. The van der Waals surface area contributed by atoms with E-state index in [4.69, 9.17) is 14.2 Å². The van der Waals surface area contributed by atoms with Gasteiger partial charge in [0.2, 0.25) is 0 Å². The molecule has 0 aliphatic rings. The van der Waals surface area contributed by atoms with Gasteiger partial charge in [-0.05, 0) is 35.9 Å². The van der Waals surface area contributed by atoms with Crippen LogP contribution in [-0.4, -0.2) is 25.3 Å². The van der Waals surface area contributed by atoms with Crippen molar-refractivity contribution in [1.82, 2.24) is 0 Å². The lowest BCUT2D eigenvalue weighted by Gasteiger charge is -2.07. The van der Waals surface area contributed by atoms with Crippen molar-refractivity contribution < 1.29 is 24.1 Å². The number of phenols is 1. The molecular formula is C17H16O5. The molecule has 2 rings (SSSR count). The highest BCUT2D eigenvalue weighted by Crippen LogP contribution is 2.27. The second-order valence-electron chi connectivity index (χ2n) is 4.34. The molecule has 0 atom stereocenters. The van der Waals surface area contributed by atoms with E-state index in [0.717, 1.165) is 0 Å². The van der Waals surface area contributed by atoms with Crippen molar-refractivity contribution in [3.8, 4) is 23.0 Å². The maximum atomic E-state index is 11.8. The van der Waals surface area contributed by atoms with Gasteiger partial charge in [-0.15, -0.1) is 0 Å². The first kappa shape index (κ1) is 15.4. The minimum Gasteiger partial charge on any atom is -0.504 e. The summed E-state index contributed by atoms with van der Waals surface area (Å²) in [7, 11) is 2.96. The van der Waals surface area contributed by atoms with E-state index < -0.39 is 5.97 Å². The van der Waals surface area contributed by atoms with Gasteiger partial charge in [0.25, 0.3) is 0 Å². The molecule has 0 saturated heterocycles. The summed E-state index contributed by atoms with van der Waals surface area (Å²) in [5, 5.41) is 9.51. The van der Waals surface area contributed by atoms with Gasteiger partial charge >= 0.3 is 5.97 Å². The van der Waals surface area contributed by atoms with Crippen LogP contribution in [0.5, 0.6) is 23.0 Å². The van der Waals surface area contributed by atoms with E-state index in [1.54, 1.807) is 42.5 Å². The molecule has 0 unspecified atom stereocenters. The highest BCUT2D eigenvalue weighted by atomic mass is 16.6. The van der Waals surface area contributed by atoms with Gasteiger partial charge in [-0.25, -0.2) is 4.79 Å². The Hall–Kier alpha value is -2.95. The fraction of sp³-hybridized carbons (Fsp3) is 0.118. The van der Waals surface area contributed by atoms with Gasteiger partial charge in [0, 0.05) is 6.08 Å². The molecule has 0 amide bonds. The Balaban J connectivity index is 2.08. The van der Waals surface area contributed by atoms with E-state index in [1.165, 1.54) is 26.4 Å². The summed E-state index contributed by atoms with van der Waals surface area (Å²) in [6, 6.07) is 11.6. The van der Waals surface area contributed by atoms with Crippen LogP contribution in [0.25, 0.3) is 6.08 Å². The molecule has 114 valence electrons. The van der Waals surface area contributed by atoms with Crippen LogP contribution in [0, 0.1) is 0 Å². The predicted molar refractivity (Wildman–Crippen MR) is 82.3 cm³/mol. The SMILES string of the molecule is COc1cc(/C=C/C(=O)Oc2ccccc2OC)ccc1O. The zero-order valence-electron chi connectivity index (χ0n) is 12.3. The number of hydrogen-bond acceptors (Lipinski definition) is 5. The van der Waals surface area contributed by atoms with Gasteiger partial charge in [-0.3, -0.25) is 0 Å². The minimum atomic E-state index is -0.531. The molecule has 2 aromatic carbocycles. The van der Waals surface area contributed by atoms with E-state index >= 15 is 0 Å². The van der Waals surface area contributed by atoms with Crippen LogP contribution in [0.15, 0.2) is 48.5 Å². The van der Waals surface area contributed by atoms with Crippen LogP contribution in [0.4, 0.5) is 0 Å². The second-order valence-corrected chi connectivity index (χ2v) is 4.34. The number of carbonyl (C=O) groups excluding carboxylic acids is 1. The molecule has 0 saturated carbocycles. The van der Waals surface area contributed by atoms with Crippen LogP contribution in [0.1, 0.15) is 5.56 Å². The third-order valence-electron chi connectivity index (χ3n) is 2.90. The number of phenolic OH excluding ortho intramolecular Hbond substituents is 1. The molecule has 1 N–H and O–H groups in total. The van der Waals surface area contributed by atoms with E-state index in [1.807, 2.05) is 0 Å². The number of para-hydroxylation sites is 2. The lowest BCUT2D eigenvalue weighted by atomic mass is 10.2. The maximum Gasteiger partial charge on any atom is 0.336 e. The molecule has 0 radical (unpaired) electrons. The molecule has 5 nitrogen and oxygen atoms in total.